The smallest absolute Gasteiger partial charge is 0.187 e. The minimum atomic E-state index is -1.39. The average Bonchev–Trinajstić information content (AvgIpc) is 3.58. The summed E-state index contributed by atoms with van der Waals surface area (Å²) < 4.78 is 35.6. The number of aliphatic hydroxyl groups is 7. The van der Waals surface area contributed by atoms with Crippen LogP contribution in [0.1, 0.15) is 92.4 Å². The molecule has 2 aliphatic heterocycles. The summed E-state index contributed by atoms with van der Waals surface area (Å²) >= 11 is 0. The largest absolute Gasteiger partial charge is 0.394 e. The Morgan fingerprint density at radius 2 is 1.54 bits per heavy atom. The van der Waals surface area contributed by atoms with Crippen molar-refractivity contribution in [1.82, 2.24) is 0 Å². The molecule has 0 amide bonds. The highest BCUT2D eigenvalue weighted by atomic mass is 16.8. The molecule has 2 saturated heterocycles. The van der Waals surface area contributed by atoms with Gasteiger partial charge in [-0.05, 0) is 91.8 Å². The van der Waals surface area contributed by atoms with E-state index < -0.39 is 73.1 Å². The molecular weight excluding hydrogens is 676 g/mol. The van der Waals surface area contributed by atoms with Crippen molar-refractivity contribution in [1.29, 1.82) is 0 Å². The minimum Gasteiger partial charge on any atom is -0.394 e. The normalized spacial score (nSPS) is 51.9. The van der Waals surface area contributed by atoms with Crippen molar-refractivity contribution in [3.63, 3.8) is 0 Å². The Morgan fingerprint density at radius 3 is 2.19 bits per heavy atom. The second-order valence-corrected chi connectivity index (χ2v) is 18.2. The molecule has 4 saturated carbocycles. The van der Waals surface area contributed by atoms with Gasteiger partial charge in [-0.1, -0.05) is 34.6 Å². The Hall–Kier alpha value is -0.520. The molecule has 13 nitrogen and oxygen atoms in total. The van der Waals surface area contributed by atoms with Crippen LogP contribution in [-0.2, 0) is 28.4 Å². The van der Waals surface area contributed by atoms with Crippen LogP contribution in [0.15, 0.2) is 0 Å². The lowest BCUT2D eigenvalue weighted by Crippen LogP contribution is -2.68. The third kappa shape index (κ3) is 7.05. The van der Waals surface area contributed by atoms with E-state index in [1.165, 1.54) is 14.2 Å². The van der Waals surface area contributed by atoms with E-state index in [2.05, 4.69) is 34.6 Å². The van der Waals surface area contributed by atoms with Gasteiger partial charge in [-0.3, -0.25) is 0 Å². The van der Waals surface area contributed by atoms with Gasteiger partial charge in [0.2, 0.25) is 0 Å². The Bertz CT molecular complexity index is 1190. The first-order chi connectivity index (χ1) is 24.5. The van der Waals surface area contributed by atoms with Gasteiger partial charge in [0.1, 0.15) is 36.6 Å². The standard InChI is InChI=1S/C39H68O13/c1-19(2)26(50-36-33(32(48-7)27(17-40)51-36)52-35-31(45)30(44)28(47-6)18-49-35)9-8-20(3)22-15-24(42)34-38(22,5)13-11-29-37(4)12-10-21(41)14-23(37)25(43)16-39(29,34)46/h19-36,40-46H,8-18H2,1-7H3. The summed E-state index contributed by atoms with van der Waals surface area (Å²) in [5, 5.41) is 77.8. The zero-order chi connectivity index (χ0) is 37.9. The summed E-state index contributed by atoms with van der Waals surface area (Å²) in [5.41, 5.74) is -1.77. The van der Waals surface area contributed by atoms with Gasteiger partial charge in [-0.15, -0.1) is 0 Å². The maximum atomic E-state index is 12.7. The molecule has 52 heavy (non-hydrogen) atoms. The number of methoxy groups -OCH3 is 2. The molecular formula is C39H68O13. The SMILES string of the molecule is COC1COC(OC2C(OC(CCC(C)C3CC(O)C4C3(C)CCC3C5(C)CCC(O)CC5C(O)CC34O)C(C)C)OC(CO)C2OC)C(O)C1O. The molecule has 13 heteroatoms. The van der Waals surface area contributed by atoms with E-state index in [0.717, 1.165) is 25.7 Å². The Balaban J connectivity index is 1.14. The lowest BCUT2D eigenvalue weighted by Gasteiger charge is -2.66. The van der Waals surface area contributed by atoms with Gasteiger partial charge in [0.25, 0.3) is 0 Å². The van der Waals surface area contributed by atoms with Crippen LogP contribution in [0.25, 0.3) is 0 Å². The summed E-state index contributed by atoms with van der Waals surface area (Å²) in [4.78, 5) is 0. The molecule has 0 aromatic carbocycles. The molecule has 0 aromatic heterocycles. The number of aliphatic hydroxyl groups excluding tert-OH is 6. The van der Waals surface area contributed by atoms with Crippen molar-refractivity contribution in [2.24, 2.45) is 46.3 Å². The van der Waals surface area contributed by atoms with Gasteiger partial charge >= 0.3 is 0 Å². The van der Waals surface area contributed by atoms with Crippen molar-refractivity contribution in [3.05, 3.63) is 0 Å². The lowest BCUT2D eigenvalue weighted by molar-refractivity contribution is -0.310. The quantitative estimate of drug-likeness (QED) is 0.153. The fourth-order valence-corrected chi connectivity index (χ4v) is 12.4. The van der Waals surface area contributed by atoms with E-state index >= 15 is 0 Å². The first kappa shape index (κ1) is 41.1. The number of ether oxygens (including phenoxy) is 6. The highest BCUT2D eigenvalue weighted by molar-refractivity contribution is 5.20. The second-order valence-electron chi connectivity index (χ2n) is 18.2. The monoisotopic (exact) mass is 744 g/mol. The molecule has 6 rings (SSSR count). The first-order valence-corrected chi connectivity index (χ1v) is 19.9. The highest BCUT2D eigenvalue weighted by Gasteiger charge is 2.70. The van der Waals surface area contributed by atoms with Crippen molar-refractivity contribution in [2.45, 2.75) is 172 Å². The molecule has 6 fully saturated rings. The Labute approximate surface area is 309 Å². The van der Waals surface area contributed by atoms with E-state index in [1.807, 2.05) is 0 Å². The van der Waals surface area contributed by atoms with Crippen molar-refractivity contribution < 1.29 is 64.2 Å². The van der Waals surface area contributed by atoms with Gasteiger partial charge in [0, 0.05) is 26.6 Å². The van der Waals surface area contributed by atoms with E-state index in [1.54, 1.807) is 0 Å². The summed E-state index contributed by atoms with van der Waals surface area (Å²) in [6.07, 6.45) is -3.79. The number of hydrogen-bond donors (Lipinski definition) is 7. The Morgan fingerprint density at radius 1 is 0.827 bits per heavy atom. The summed E-state index contributed by atoms with van der Waals surface area (Å²) in [6.45, 7) is 10.5. The molecule has 0 spiro atoms. The Kier molecular flexibility index (Phi) is 12.5. The topological polar surface area (TPSA) is 197 Å². The predicted molar refractivity (Wildman–Crippen MR) is 188 cm³/mol. The van der Waals surface area contributed by atoms with Crippen molar-refractivity contribution >= 4 is 0 Å². The third-order valence-electron chi connectivity index (χ3n) is 15.1. The molecule has 4 aliphatic carbocycles. The van der Waals surface area contributed by atoms with Crippen molar-refractivity contribution in [2.75, 3.05) is 27.4 Å². The van der Waals surface area contributed by atoms with Gasteiger partial charge in [0.05, 0.1) is 43.2 Å². The zero-order valence-corrected chi connectivity index (χ0v) is 32.3. The average molecular weight is 745 g/mol. The molecule has 6 aliphatic rings. The van der Waals surface area contributed by atoms with E-state index in [4.69, 9.17) is 28.4 Å². The zero-order valence-electron chi connectivity index (χ0n) is 32.3. The van der Waals surface area contributed by atoms with Crippen LogP contribution in [0.5, 0.6) is 0 Å². The second kappa shape index (κ2) is 15.8. The lowest BCUT2D eigenvalue weighted by atomic mass is 9.42. The van der Waals surface area contributed by atoms with E-state index in [9.17, 15) is 35.7 Å². The first-order valence-electron chi connectivity index (χ1n) is 19.9. The molecule has 302 valence electrons. The van der Waals surface area contributed by atoms with Crippen LogP contribution in [0, 0.1) is 46.3 Å². The van der Waals surface area contributed by atoms with Crippen LogP contribution < -0.4 is 0 Å². The van der Waals surface area contributed by atoms with Gasteiger partial charge in [0.15, 0.2) is 12.6 Å². The summed E-state index contributed by atoms with van der Waals surface area (Å²) in [5.74, 6) is 0.0131. The third-order valence-corrected chi connectivity index (χ3v) is 15.1. The van der Waals surface area contributed by atoms with Crippen LogP contribution >= 0.6 is 0 Å². The van der Waals surface area contributed by atoms with E-state index in [-0.39, 0.29) is 72.1 Å². The molecule has 0 aromatic rings. The number of fused-ring (bicyclic) bond motifs is 5. The minimum absolute atomic E-state index is 0.0182. The van der Waals surface area contributed by atoms with Crippen LogP contribution in [0.4, 0.5) is 0 Å². The molecule has 0 bridgehead atoms. The molecule has 20 unspecified atom stereocenters. The van der Waals surface area contributed by atoms with Crippen LogP contribution in [-0.4, -0.2) is 142 Å². The molecule has 7 N–H and O–H groups in total. The highest BCUT2D eigenvalue weighted by Crippen LogP contribution is 2.69. The summed E-state index contributed by atoms with van der Waals surface area (Å²) in [6, 6.07) is 0. The van der Waals surface area contributed by atoms with Gasteiger partial charge in [-0.25, -0.2) is 0 Å². The molecule has 2 heterocycles. The van der Waals surface area contributed by atoms with Gasteiger partial charge < -0.3 is 64.2 Å². The maximum absolute atomic E-state index is 12.7. The fraction of sp³-hybridized carbons (Fsp3) is 1.00. The van der Waals surface area contributed by atoms with E-state index in [0.29, 0.717) is 25.7 Å². The fourth-order valence-electron chi connectivity index (χ4n) is 12.4. The van der Waals surface area contributed by atoms with Crippen LogP contribution in [0.2, 0.25) is 0 Å². The molecule has 20 atom stereocenters. The van der Waals surface area contributed by atoms with Crippen molar-refractivity contribution in [3.8, 4) is 0 Å². The molecule has 0 radical (unpaired) electrons. The number of hydrogen-bond acceptors (Lipinski definition) is 13. The predicted octanol–water partition coefficient (Wildman–Crippen LogP) is 1.73. The maximum Gasteiger partial charge on any atom is 0.187 e. The number of rotatable bonds is 12. The summed E-state index contributed by atoms with van der Waals surface area (Å²) in [7, 11) is 2.92. The van der Waals surface area contributed by atoms with Crippen LogP contribution in [0.3, 0.4) is 0 Å². The van der Waals surface area contributed by atoms with Gasteiger partial charge in [-0.2, -0.15) is 0 Å².